The Morgan fingerprint density at radius 3 is 2.77 bits per heavy atom. The van der Waals surface area contributed by atoms with Crippen molar-refractivity contribution in [2.24, 2.45) is 0 Å². The van der Waals surface area contributed by atoms with E-state index in [4.69, 9.17) is 32.7 Å². The van der Waals surface area contributed by atoms with Gasteiger partial charge in [-0.1, -0.05) is 35.3 Å². The minimum Gasteiger partial charge on any atom is -0.492 e. The molecule has 3 rings (SSSR count). The SMILES string of the molecule is CC1(C)CN(C(=O)CCCOc2ccc(Cl)cc2Cl)c2ccccc2O1. The van der Waals surface area contributed by atoms with Crippen LogP contribution in [-0.4, -0.2) is 24.7 Å². The topological polar surface area (TPSA) is 38.8 Å². The molecule has 0 bridgehead atoms. The van der Waals surface area contributed by atoms with Gasteiger partial charge in [-0.15, -0.1) is 0 Å². The molecule has 1 aliphatic rings. The molecule has 0 saturated carbocycles. The van der Waals surface area contributed by atoms with Gasteiger partial charge in [0.25, 0.3) is 0 Å². The van der Waals surface area contributed by atoms with Gasteiger partial charge in [0.05, 0.1) is 23.9 Å². The number of nitrogens with zero attached hydrogens (tertiary/aromatic N) is 1. The Kier molecular flexibility index (Phi) is 5.64. The summed E-state index contributed by atoms with van der Waals surface area (Å²) in [7, 11) is 0. The molecule has 0 N–H and O–H groups in total. The maximum atomic E-state index is 12.7. The number of hydrogen-bond acceptors (Lipinski definition) is 3. The van der Waals surface area contributed by atoms with E-state index in [-0.39, 0.29) is 5.91 Å². The average molecular weight is 394 g/mol. The standard InChI is InChI=1S/C20H21Cl2NO3/c1-20(2)13-23(16-6-3-4-7-18(16)26-20)19(24)8-5-11-25-17-10-9-14(21)12-15(17)22/h3-4,6-7,9-10,12H,5,8,11,13H2,1-2H3. The molecule has 138 valence electrons. The fourth-order valence-corrected chi connectivity index (χ4v) is 3.38. The molecular weight excluding hydrogens is 373 g/mol. The Labute approximate surface area is 163 Å². The Morgan fingerprint density at radius 1 is 1.23 bits per heavy atom. The molecule has 1 heterocycles. The Balaban J connectivity index is 1.58. The van der Waals surface area contributed by atoms with Gasteiger partial charge in [0.2, 0.25) is 5.91 Å². The minimum atomic E-state index is -0.419. The van der Waals surface area contributed by atoms with Gasteiger partial charge in [0, 0.05) is 11.4 Å². The van der Waals surface area contributed by atoms with E-state index in [9.17, 15) is 4.79 Å². The number of halogens is 2. The second-order valence-corrected chi connectivity index (χ2v) is 7.68. The summed E-state index contributed by atoms with van der Waals surface area (Å²) in [4.78, 5) is 14.5. The van der Waals surface area contributed by atoms with Crippen LogP contribution >= 0.6 is 23.2 Å². The summed E-state index contributed by atoms with van der Waals surface area (Å²) in [6, 6.07) is 12.7. The smallest absolute Gasteiger partial charge is 0.227 e. The monoisotopic (exact) mass is 393 g/mol. The maximum Gasteiger partial charge on any atom is 0.227 e. The first-order valence-corrected chi connectivity index (χ1v) is 9.27. The lowest BCUT2D eigenvalue weighted by Crippen LogP contribution is -2.49. The molecule has 0 fully saturated rings. The molecule has 0 unspecified atom stereocenters. The van der Waals surface area contributed by atoms with Crippen molar-refractivity contribution in [3.8, 4) is 11.5 Å². The molecule has 2 aromatic carbocycles. The number of anilines is 1. The van der Waals surface area contributed by atoms with E-state index in [1.807, 2.05) is 38.1 Å². The van der Waals surface area contributed by atoms with Gasteiger partial charge >= 0.3 is 0 Å². The molecule has 0 aliphatic carbocycles. The van der Waals surface area contributed by atoms with E-state index in [0.29, 0.717) is 41.8 Å². The van der Waals surface area contributed by atoms with Gasteiger partial charge in [-0.3, -0.25) is 4.79 Å². The summed E-state index contributed by atoms with van der Waals surface area (Å²) in [6.07, 6.45) is 0.980. The highest BCUT2D eigenvalue weighted by Crippen LogP contribution is 2.37. The molecule has 1 amide bonds. The van der Waals surface area contributed by atoms with Crippen molar-refractivity contribution in [1.82, 2.24) is 0 Å². The molecule has 0 aromatic heterocycles. The number of fused-ring (bicyclic) bond motifs is 1. The maximum absolute atomic E-state index is 12.7. The Hall–Kier alpha value is -1.91. The number of para-hydroxylation sites is 2. The highest BCUT2D eigenvalue weighted by molar-refractivity contribution is 6.35. The van der Waals surface area contributed by atoms with Crippen LogP contribution in [0, 0.1) is 0 Å². The van der Waals surface area contributed by atoms with E-state index in [0.717, 1.165) is 11.4 Å². The largest absolute Gasteiger partial charge is 0.492 e. The van der Waals surface area contributed by atoms with E-state index in [1.165, 1.54) is 0 Å². The number of carbonyl (C=O) groups is 1. The molecule has 0 radical (unpaired) electrons. The lowest BCUT2D eigenvalue weighted by molar-refractivity contribution is -0.119. The second kappa shape index (κ2) is 7.77. The molecule has 0 atom stereocenters. The summed E-state index contributed by atoms with van der Waals surface area (Å²) >= 11 is 12.0. The van der Waals surface area contributed by atoms with Gasteiger partial charge in [0.15, 0.2) is 0 Å². The van der Waals surface area contributed by atoms with Crippen LogP contribution in [0.2, 0.25) is 10.0 Å². The molecule has 26 heavy (non-hydrogen) atoms. The predicted octanol–water partition coefficient (Wildman–Crippen LogP) is 5.36. The highest BCUT2D eigenvalue weighted by Gasteiger charge is 2.34. The lowest BCUT2D eigenvalue weighted by atomic mass is 10.0. The first kappa shape index (κ1) is 18.9. The summed E-state index contributed by atoms with van der Waals surface area (Å²) in [5, 5.41) is 1.03. The number of hydrogen-bond donors (Lipinski definition) is 0. The average Bonchev–Trinajstić information content (AvgIpc) is 2.58. The molecule has 6 heteroatoms. The highest BCUT2D eigenvalue weighted by atomic mass is 35.5. The zero-order valence-corrected chi connectivity index (χ0v) is 16.3. The van der Waals surface area contributed by atoms with Crippen molar-refractivity contribution < 1.29 is 14.3 Å². The molecule has 1 aliphatic heterocycles. The van der Waals surface area contributed by atoms with Crippen LogP contribution in [-0.2, 0) is 4.79 Å². The van der Waals surface area contributed by atoms with Crippen molar-refractivity contribution >= 4 is 34.8 Å². The number of benzene rings is 2. The molecule has 4 nitrogen and oxygen atoms in total. The number of amides is 1. The number of ether oxygens (including phenoxy) is 2. The van der Waals surface area contributed by atoms with Crippen molar-refractivity contribution in [2.75, 3.05) is 18.1 Å². The van der Waals surface area contributed by atoms with Crippen LogP contribution in [0.4, 0.5) is 5.69 Å². The second-order valence-electron chi connectivity index (χ2n) is 6.84. The minimum absolute atomic E-state index is 0.0552. The summed E-state index contributed by atoms with van der Waals surface area (Å²) in [6.45, 7) is 4.89. The van der Waals surface area contributed by atoms with Crippen LogP contribution in [0.15, 0.2) is 42.5 Å². The third kappa shape index (κ3) is 4.43. The van der Waals surface area contributed by atoms with Crippen molar-refractivity contribution in [3.63, 3.8) is 0 Å². The van der Waals surface area contributed by atoms with Crippen molar-refractivity contribution in [3.05, 3.63) is 52.5 Å². The zero-order chi connectivity index (χ0) is 18.7. The number of carbonyl (C=O) groups excluding carboxylic acids is 1. The fourth-order valence-electron chi connectivity index (χ4n) is 2.92. The molecule has 0 saturated heterocycles. The van der Waals surface area contributed by atoms with Crippen LogP contribution in [0.25, 0.3) is 0 Å². The van der Waals surface area contributed by atoms with Gasteiger partial charge in [-0.2, -0.15) is 0 Å². The van der Waals surface area contributed by atoms with Crippen molar-refractivity contribution in [1.29, 1.82) is 0 Å². The van der Waals surface area contributed by atoms with Crippen LogP contribution in [0.1, 0.15) is 26.7 Å². The van der Waals surface area contributed by atoms with Gasteiger partial charge in [-0.05, 0) is 50.6 Å². The third-order valence-corrected chi connectivity index (χ3v) is 4.60. The van der Waals surface area contributed by atoms with Crippen LogP contribution in [0.5, 0.6) is 11.5 Å². The zero-order valence-electron chi connectivity index (χ0n) is 14.8. The Bertz CT molecular complexity index is 807. The van der Waals surface area contributed by atoms with Gasteiger partial charge in [-0.25, -0.2) is 0 Å². The fraction of sp³-hybridized carbons (Fsp3) is 0.350. The third-order valence-electron chi connectivity index (χ3n) is 4.07. The first-order valence-electron chi connectivity index (χ1n) is 8.52. The molecule has 0 spiro atoms. The van der Waals surface area contributed by atoms with Crippen LogP contribution < -0.4 is 14.4 Å². The summed E-state index contributed by atoms with van der Waals surface area (Å²) in [5.74, 6) is 1.36. The van der Waals surface area contributed by atoms with Gasteiger partial charge < -0.3 is 14.4 Å². The molecule has 2 aromatic rings. The van der Waals surface area contributed by atoms with E-state index < -0.39 is 5.60 Å². The van der Waals surface area contributed by atoms with E-state index >= 15 is 0 Å². The van der Waals surface area contributed by atoms with E-state index in [2.05, 4.69) is 0 Å². The summed E-state index contributed by atoms with van der Waals surface area (Å²) in [5.41, 5.74) is 0.399. The predicted molar refractivity (Wildman–Crippen MR) is 105 cm³/mol. The van der Waals surface area contributed by atoms with E-state index in [1.54, 1.807) is 23.1 Å². The van der Waals surface area contributed by atoms with Gasteiger partial charge in [0.1, 0.15) is 17.1 Å². The lowest BCUT2D eigenvalue weighted by Gasteiger charge is -2.39. The summed E-state index contributed by atoms with van der Waals surface area (Å²) < 4.78 is 11.6. The Morgan fingerprint density at radius 2 is 2.00 bits per heavy atom. The van der Waals surface area contributed by atoms with Crippen LogP contribution in [0.3, 0.4) is 0 Å². The number of rotatable bonds is 5. The first-order chi connectivity index (χ1) is 12.4. The van der Waals surface area contributed by atoms with Crippen molar-refractivity contribution in [2.45, 2.75) is 32.3 Å². The quantitative estimate of drug-likeness (QED) is 0.641. The molecular formula is C20H21Cl2NO3. The normalized spacial score (nSPS) is 15.2.